The maximum atomic E-state index is 13.8. The SMILES string of the molecule is O=C1c2ccccc2C(=O)N1CCCC(I)=CC(F)(F)C(F)(F)C(F)(F)C(F)(F)C(F)(F)F. The van der Waals surface area contributed by atoms with Gasteiger partial charge in [0.25, 0.3) is 11.8 Å². The summed E-state index contributed by atoms with van der Waals surface area (Å²) < 4.78 is 142. The molecule has 33 heavy (non-hydrogen) atoms. The van der Waals surface area contributed by atoms with Crippen molar-refractivity contribution in [1.82, 2.24) is 4.90 Å². The van der Waals surface area contributed by atoms with Gasteiger partial charge in [-0.1, -0.05) is 12.1 Å². The largest absolute Gasteiger partial charge is 0.460 e. The van der Waals surface area contributed by atoms with E-state index in [0.29, 0.717) is 0 Å². The van der Waals surface area contributed by atoms with E-state index in [9.17, 15) is 57.9 Å². The number of nitrogens with zero attached hydrogens (tertiary/aromatic N) is 1. The Kier molecular flexibility index (Phi) is 7.19. The Balaban J connectivity index is 2.13. The van der Waals surface area contributed by atoms with Crippen molar-refractivity contribution < 1.29 is 57.9 Å². The highest BCUT2D eigenvalue weighted by Gasteiger charge is 2.86. The van der Waals surface area contributed by atoms with Crippen LogP contribution in [0.4, 0.5) is 48.3 Å². The number of rotatable bonds is 8. The molecule has 2 rings (SSSR count). The smallest absolute Gasteiger partial charge is 0.274 e. The lowest BCUT2D eigenvalue weighted by Crippen LogP contribution is -2.66. The lowest BCUT2D eigenvalue weighted by molar-refractivity contribution is -0.416. The van der Waals surface area contributed by atoms with Crippen LogP contribution >= 0.6 is 22.6 Å². The highest BCUT2D eigenvalue weighted by atomic mass is 127. The van der Waals surface area contributed by atoms with Crippen molar-refractivity contribution in [2.45, 2.75) is 42.7 Å². The fourth-order valence-corrected chi connectivity index (χ4v) is 3.56. The second-order valence-electron chi connectivity index (χ2n) is 6.85. The molecule has 0 N–H and O–H groups in total. The van der Waals surface area contributed by atoms with Gasteiger partial charge < -0.3 is 0 Å². The molecule has 1 heterocycles. The fraction of sp³-hybridized carbons (Fsp3) is 0.444. The molecule has 1 aromatic rings. The average Bonchev–Trinajstić information content (AvgIpc) is 2.91. The van der Waals surface area contributed by atoms with Gasteiger partial charge in [-0.3, -0.25) is 14.5 Å². The van der Waals surface area contributed by atoms with Crippen LogP contribution < -0.4 is 0 Å². The topological polar surface area (TPSA) is 37.4 Å². The van der Waals surface area contributed by atoms with E-state index in [0.717, 1.165) is 27.5 Å². The summed E-state index contributed by atoms with van der Waals surface area (Å²) in [5.74, 6) is -29.6. The predicted octanol–water partition coefficient (Wildman–Crippen LogP) is 6.49. The Hall–Kier alpha value is -1.94. The van der Waals surface area contributed by atoms with E-state index in [1.165, 1.54) is 24.3 Å². The lowest BCUT2D eigenvalue weighted by Gasteiger charge is -2.36. The molecule has 3 nitrogen and oxygen atoms in total. The maximum Gasteiger partial charge on any atom is 0.460 e. The molecule has 0 fully saturated rings. The van der Waals surface area contributed by atoms with Gasteiger partial charge in [0.2, 0.25) is 0 Å². The summed E-state index contributed by atoms with van der Waals surface area (Å²) in [5, 5.41) is 0. The van der Waals surface area contributed by atoms with E-state index >= 15 is 0 Å². The number of alkyl halides is 11. The fourth-order valence-electron chi connectivity index (χ4n) is 2.79. The van der Waals surface area contributed by atoms with Crippen LogP contribution in [0.15, 0.2) is 33.9 Å². The molecule has 0 atom stereocenters. The van der Waals surface area contributed by atoms with Crippen LogP contribution in [0.25, 0.3) is 0 Å². The molecular formula is C18H11F11INO2. The average molecular weight is 609 g/mol. The molecular weight excluding hydrogens is 598 g/mol. The number of carbonyl (C=O) groups is 2. The van der Waals surface area contributed by atoms with Crippen molar-refractivity contribution in [3.05, 3.63) is 45.0 Å². The number of benzene rings is 1. The van der Waals surface area contributed by atoms with E-state index in [2.05, 4.69) is 0 Å². The lowest BCUT2D eigenvalue weighted by atomic mass is 9.97. The van der Waals surface area contributed by atoms with Crippen molar-refractivity contribution >= 4 is 34.4 Å². The van der Waals surface area contributed by atoms with E-state index in [-0.39, 0.29) is 17.5 Å². The monoisotopic (exact) mass is 609 g/mol. The molecule has 1 aliphatic heterocycles. The summed E-state index contributed by atoms with van der Waals surface area (Å²) in [7, 11) is 0. The third-order valence-electron chi connectivity index (χ3n) is 4.58. The second-order valence-corrected chi connectivity index (χ2v) is 8.23. The van der Waals surface area contributed by atoms with Crippen LogP contribution in [-0.2, 0) is 0 Å². The number of halogens is 12. The van der Waals surface area contributed by atoms with Gasteiger partial charge in [-0.25, -0.2) is 0 Å². The Morgan fingerprint density at radius 2 is 1.24 bits per heavy atom. The summed E-state index contributed by atoms with van der Waals surface area (Å²) >= 11 is 0.974. The quantitative estimate of drug-likeness (QED) is 0.192. The molecule has 1 aromatic carbocycles. The number of imide groups is 1. The molecule has 0 radical (unpaired) electrons. The molecule has 0 unspecified atom stereocenters. The first-order valence-electron chi connectivity index (χ1n) is 8.70. The number of allylic oxidation sites excluding steroid dienone is 2. The molecule has 2 amide bonds. The first kappa shape index (κ1) is 27.3. The molecule has 0 aromatic heterocycles. The standard InChI is InChI=1S/C18H11F11INO2/c19-14(20,15(21,22)16(23,24)17(25,26)18(27,28)29)8-9(30)4-3-7-31-12(32)10-5-1-2-6-11(10)13(31)33/h1-2,5-6,8H,3-4,7H2. The number of fused-ring (bicyclic) bond motifs is 1. The zero-order valence-corrected chi connectivity index (χ0v) is 18.0. The Morgan fingerprint density at radius 1 is 0.788 bits per heavy atom. The van der Waals surface area contributed by atoms with Gasteiger partial charge in [0, 0.05) is 12.6 Å². The van der Waals surface area contributed by atoms with Gasteiger partial charge in [-0.15, -0.1) is 0 Å². The minimum atomic E-state index is -7.48. The summed E-state index contributed by atoms with van der Waals surface area (Å²) in [6.45, 7) is -0.392. The summed E-state index contributed by atoms with van der Waals surface area (Å²) in [6.07, 6.45) is -9.01. The zero-order chi connectivity index (χ0) is 25.6. The van der Waals surface area contributed by atoms with Crippen LogP contribution in [0.1, 0.15) is 33.6 Å². The number of amides is 2. The van der Waals surface area contributed by atoms with Crippen LogP contribution in [0.2, 0.25) is 0 Å². The van der Waals surface area contributed by atoms with Crippen molar-refractivity contribution in [1.29, 1.82) is 0 Å². The van der Waals surface area contributed by atoms with Crippen LogP contribution in [0, 0.1) is 0 Å². The Morgan fingerprint density at radius 3 is 1.67 bits per heavy atom. The summed E-state index contributed by atoms with van der Waals surface area (Å²) in [4.78, 5) is 25.0. The van der Waals surface area contributed by atoms with E-state index < -0.39 is 64.3 Å². The molecule has 15 heteroatoms. The molecule has 184 valence electrons. The van der Waals surface area contributed by atoms with Gasteiger partial charge in [0.05, 0.1) is 11.1 Å². The molecule has 0 spiro atoms. The molecule has 0 saturated heterocycles. The highest BCUT2D eigenvalue weighted by molar-refractivity contribution is 14.1. The summed E-state index contributed by atoms with van der Waals surface area (Å²) in [5.41, 5.74) is 0.124. The highest BCUT2D eigenvalue weighted by Crippen LogP contribution is 2.57. The van der Waals surface area contributed by atoms with Crippen LogP contribution in [-0.4, -0.2) is 53.1 Å². The minimum absolute atomic E-state index is 0.0618. The van der Waals surface area contributed by atoms with E-state index in [1.807, 2.05) is 0 Å². The molecule has 0 saturated carbocycles. The Labute approximate surface area is 191 Å². The summed E-state index contributed by atoms with van der Waals surface area (Å²) in [6, 6.07) is 5.64. The van der Waals surface area contributed by atoms with Crippen LogP contribution in [0.5, 0.6) is 0 Å². The van der Waals surface area contributed by atoms with Crippen molar-refractivity contribution in [2.24, 2.45) is 0 Å². The molecule has 1 aliphatic rings. The minimum Gasteiger partial charge on any atom is -0.274 e. The zero-order valence-electron chi connectivity index (χ0n) is 15.8. The van der Waals surface area contributed by atoms with Gasteiger partial charge >= 0.3 is 29.9 Å². The normalized spacial score (nSPS) is 16.5. The van der Waals surface area contributed by atoms with Gasteiger partial charge in [0.15, 0.2) is 0 Å². The number of hydrogen-bond acceptors (Lipinski definition) is 2. The van der Waals surface area contributed by atoms with Gasteiger partial charge in [-0.05, 0) is 51.1 Å². The van der Waals surface area contributed by atoms with E-state index in [1.54, 1.807) is 0 Å². The molecule has 0 aliphatic carbocycles. The van der Waals surface area contributed by atoms with Crippen molar-refractivity contribution in [2.75, 3.05) is 6.54 Å². The Bertz CT molecular complexity index is 937. The first-order valence-corrected chi connectivity index (χ1v) is 9.78. The van der Waals surface area contributed by atoms with Crippen LogP contribution in [0.3, 0.4) is 0 Å². The number of carbonyl (C=O) groups excluding carboxylic acids is 2. The van der Waals surface area contributed by atoms with E-state index in [4.69, 9.17) is 0 Å². The third kappa shape index (κ3) is 4.56. The van der Waals surface area contributed by atoms with Gasteiger partial charge in [-0.2, -0.15) is 48.3 Å². The number of hydrogen-bond donors (Lipinski definition) is 0. The van der Waals surface area contributed by atoms with Crippen molar-refractivity contribution in [3.63, 3.8) is 0 Å². The van der Waals surface area contributed by atoms with Gasteiger partial charge in [0.1, 0.15) is 0 Å². The maximum absolute atomic E-state index is 13.8. The van der Waals surface area contributed by atoms with Crippen molar-refractivity contribution in [3.8, 4) is 0 Å². The first-order chi connectivity index (χ1) is 14.8. The molecule has 0 bridgehead atoms. The second kappa shape index (κ2) is 8.69. The third-order valence-corrected chi connectivity index (χ3v) is 5.43. The predicted molar refractivity (Wildman–Crippen MR) is 99.0 cm³/mol.